The number of thiazole rings is 1. The molecule has 0 bridgehead atoms. The molecule has 1 saturated heterocycles. The number of carbonyl (C=O) groups excluding carboxylic acids is 1. The maximum atomic E-state index is 13.2. The highest BCUT2D eigenvalue weighted by atomic mass is 32.1. The molecule has 1 amide bonds. The minimum Gasteiger partial charge on any atom is -0.479 e. The molecule has 1 saturated carbocycles. The fraction of sp³-hybridized carbons (Fsp3) is 0.696. The lowest BCUT2D eigenvalue weighted by Crippen LogP contribution is -2.56. The van der Waals surface area contributed by atoms with Gasteiger partial charge in [-0.3, -0.25) is 9.69 Å². The first-order valence-electron chi connectivity index (χ1n) is 12.0. The number of amides is 1. The number of carbonyl (C=O) groups is 1. The highest BCUT2D eigenvalue weighted by Crippen LogP contribution is 2.37. The predicted molar refractivity (Wildman–Crippen MR) is 124 cm³/mol. The molecule has 0 radical (unpaired) electrons. The molecule has 2 aromatic heterocycles. The molecule has 0 spiro atoms. The largest absolute Gasteiger partial charge is 0.479 e. The smallest absolute Gasteiger partial charge is 0.282 e. The van der Waals surface area contributed by atoms with Crippen molar-refractivity contribution < 1.29 is 22.8 Å². The van der Waals surface area contributed by atoms with E-state index in [9.17, 15) is 13.6 Å². The topological polar surface area (TPSA) is 83.7 Å². The lowest BCUT2D eigenvalue weighted by atomic mass is 9.84. The first-order chi connectivity index (χ1) is 16.4. The quantitative estimate of drug-likeness (QED) is 0.602. The number of alkyl halides is 2. The third kappa shape index (κ3) is 5.51. The Morgan fingerprint density at radius 2 is 2.12 bits per heavy atom. The number of halogens is 2. The summed E-state index contributed by atoms with van der Waals surface area (Å²) in [6.45, 7) is 2.43. The highest BCUT2D eigenvalue weighted by molar-refractivity contribution is 7.15. The van der Waals surface area contributed by atoms with Crippen molar-refractivity contribution >= 4 is 22.4 Å². The number of aromatic nitrogens is 2. The second-order valence-corrected chi connectivity index (χ2v) is 10.8. The van der Waals surface area contributed by atoms with Crippen molar-refractivity contribution in [2.45, 2.75) is 63.5 Å². The van der Waals surface area contributed by atoms with Gasteiger partial charge in [0.05, 0.1) is 32.3 Å². The van der Waals surface area contributed by atoms with Gasteiger partial charge in [-0.2, -0.15) is 0 Å². The van der Waals surface area contributed by atoms with Crippen LogP contribution < -0.4 is 15.0 Å². The van der Waals surface area contributed by atoms with Crippen LogP contribution in [0.5, 0.6) is 5.88 Å². The Bertz CT molecular complexity index is 997. The van der Waals surface area contributed by atoms with Crippen LogP contribution in [0.3, 0.4) is 0 Å². The minimum atomic E-state index is -2.56. The van der Waals surface area contributed by atoms with Crippen LogP contribution in [0.15, 0.2) is 10.6 Å². The number of rotatable bonds is 8. The molecule has 3 aliphatic rings. The van der Waals surface area contributed by atoms with Crippen LogP contribution in [0, 0.1) is 5.92 Å². The first kappa shape index (κ1) is 23.5. The van der Waals surface area contributed by atoms with E-state index < -0.39 is 5.92 Å². The Labute approximate surface area is 201 Å². The second-order valence-electron chi connectivity index (χ2n) is 9.69. The fourth-order valence-electron chi connectivity index (χ4n) is 5.08. The average Bonchev–Trinajstić information content (AvgIpc) is 3.43. The Kier molecular flexibility index (Phi) is 6.74. The van der Waals surface area contributed by atoms with Crippen LogP contribution in [0.2, 0.25) is 0 Å². The molecule has 34 heavy (non-hydrogen) atoms. The maximum absolute atomic E-state index is 13.2. The second kappa shape index (κ2) is 9.77. The first-order valence-corrected chi connectivity index (χ1v) is 12.8. The van der Waals surface area contributed by atoms with Crippen LogP contribution >= 0.6 is 11.3 Å². The van der Waals surface area contributed by atoms with Crippen LogP contribution in [-0.2, 0) is 24.2 Å². The van der Waals surface area contributed by atoms with E-state index in [0.717, 1.165) is 69.0 Å². The Morgan fingerprint density at radius 3 is 2.82 bits per heavy atom. The molecule has 5 rings (SSSR count). The van der Waals surface area contributed by atoms with Crippen LogP contribution in [0.25, 0.3) is 0 Å². The molecule has 11 heteroatoms. The van der Waals surface area contributed by atoms with Crippen molar-refractivity contribution in [1.29, 1.82) is 0 Å². The van der Waals surface area contributed by atoms with E-state index >= 15 is 0 Å². The summed E-state index contributed by atoms with van der Waals surface area (Å²) < 4.78 is 36.4. The fourth-order valence-corrected chi connectivity index (χ4v) is 6.14. The van der Waals surface area contributed by atoms with Gasteiger partial charge in [-0.15, -0.1) is 11.3 Å². The molecule has 2 aromatic rings. The van der Waals surface area contributed by atoms with E-state index in [1.165, 1.54) is 12.0 Å². The zero-order valence-electron chi connectivity index (χ0n) is 19.4. The summed E-state index contributed by atoms with van der Waals surface area (Å²) in [5.41, 5.74) is 1.07. The summed E-state index contributed by atoms with van der Waals surface area (Å²) >= 11 is 1.58. The number of hydrogen-bond donors (Lipinski definition) is 1. The molecule has 186 valence electrons. The molecule has 2 aliphatic heterocycles. The summed E-state index contributed by atoms with van der Waals surface area (Å²) in [4.78, 5) is 22.3. The van der Waals surface area contributed by atoms with Crippen molar-refractivity contribution in [3.05, 3.63) is 22.4 Å². The molecule has 0 atom stereocenters. The maximum Gasteiger partial charge on any atom is 0.282 e. The van der Waals surface area contributed by atoms with Gasteiger partial charge >= 0.3 is 0 Å². The van der Waals surface area contributed by atoms with Gasteiger partial charge in [0.2, 0.25) is 5.91 Å². The Balaban J connectivity index is 1.01. The van der Waals surface area contributed by atoms with Crippen molar-refractivity contribution in [2.75, 3.05) is 38.2 Å². The number of anilines is 1. The standard InChI is InChI=1S/C23H31F2N5O3S/c1-32-21-11-17(33-28-21)10-20(31)26-16-4-2-15(3-5-16)6-8-29-9-7-19-18(12-29)27-22(34-19)30-13-23(24,25)14-30/h11,15-16H,2-10,12-14H2,1H3,(H,26,31)/t15-,16-. The van der Waals surface area contributed by atoms with Crippen LogP contribution in [0.1, 0.15) is 48.4 Å². The third-order valence-electron chi connectivity index (χ3n) is 7.06. The molecule has 4 heterocycles. The predicted octanol–water partition coefficient (Wildman–Crippen LogP) is 3.26. The van der Waals surface area contributed by atoms with Gasteiger partial charge in [0.1, 0.15) is 5.76 Å². The summed E-state index contributed by atoms with van der Waals surface area (Å²) in [5, 5.41) is 7.59. The van der Waals surface area contributed by atoms with Gasteiger partial charge < -0.3 is 19.5 Å². The summed E-state index contributed by atoms with van der Waals surface area (Å²) in [7, 11) is 1.51. The molecular formula is C23H31F2N5O3S. The molecule has 0 aromatic carbocycles. The van der Waals surface area contributed by atoms with Gasteiger partial charge in [0.25, 0.3) is 11.8 Å². The highest BCUT2D eigenvalue weighted by Gasteiger charge is 2.45. The number of fused-ring (bicyclic) bond motifs is 1. The van der Waals surface area contributed by atoms with E-state index in [2.05, 4.69) is 20.4 Å². The Hall–Kier alpha value is -2.27. The minimum absolute atomic E-state index is 0.0454. The van der Waals surface area contributed by atoms with Crippen LogP contribution in [0.4, 0.5) is 13.9 Å². The zero-order chi connectivity index (χ0) is 23.7. The summed E-state index contributed by atoms with van der Waals surface area (Å²) in [5.74, 6) is -1.06. The van der Waals surface area contributed by atoms with E-state index in [0.29, 0.717) is 17.6 Å². The Morgan fingerprint density at radius 1 is 1.32 bits per heavy atom. The third-order valence-corrected chi connectivity index (χ3v) is 8.28. The number of hydrogen-bond acceptors (Lipinski definition) is 8. The van der Waals surface area contributed by atoms with Crippen molar-refractivity contribution in [3.63, 3.8) is 0 Å². The van der Waals surface area contributed by atoms with E-state index in [1.807, 2.05) is 0 Å². The number of methoxy groups -OCH3 is 1. The molecule has 2 fully saturated rings. The van der Waals surface area contributed by atoms with Gasteiger partial charge in [-0.1, -0.05) is 0 Å². The number of nitrogens with one attached hydrogen (secondary N) is 1. The van der Waals surface area contributed by atoms with Gasteiger partial charge in [-0.25, -0.2) is 13.8 Å². The number of ether oxygens (including phenoxy) is 1. The molecule has 1 aliphatic carbocycles. The van der Waals surface area contributed by atoms with Gasteiger partial charge in [0.15, 0.2) is 5.13 Å². The lowest BCUT2D eigenvalue weighted by molar-refractivity contribution is -0.121. The van der Waals surface area contributed by atoms with E-state index in [1.54, 1.807) is 22.3 Å². The summed E-state index contributed by atoms with van der Waals surface area (Å²) in [6, 6.07) is 1.85. The molecule has 8 nitrogen and oxygen atoms in total. The van der Waals surface area contributed by atoms with Gasteiger partial charge in [-0.05, 0) is 56.1 Å². The van der Waals surface area contributed by atoms with Gasteiger partial charge in [0, 0.05) is 30.1 Å². The molecular weight excluding hydrogens is 464 g/mol. The monoisotopic (exact) mass is 495 g/mol. The normalized spacial score (nSPS) is 24.4. The zero-order valence-corrected chi connectivity index (χ0v) is 20.2. The van der Waals surface area contributed by atoms with Crippen molar-refractivity contribution in [3.8, 4) is 5.88 Å². The average molecular weight is 496 g/mol. The number of nitrogens with zero attached hydrogens (tertiary/aromatic N) is 4. The van der Waals surface area contributed by atoms with E-state index in [-0.39, 0.29) is 31.5 Å². The SMILES string of the molecule is COc1cc(CC(=O)N[C@H]2CC[C@H](CCN3CCc4sc(N5CC(F)(F)C5)nc4C3)CC2)on1. The lowest BCUT2D eigenvalue weighted by Gasteiger charge is -2.38. The van der Waals surface area contributed by atoms with Crippen molar-refractivity contribution in [1.82, 2.24) is 20.4 Å². The summed E-state index contributed by atoms with van der Waals surface area (Å²) in [6.07, 6.45) is 6.49. The molecule has 0 unspecified atom stereocenters. The van der Waals surface area contributed by atoms with Crippen molar-refractivity contribution in [2.24, 2.45) is 5.92 Å². The van der Waals surface area contributed by atoms with Crippen LogP contribution in [-0.4, -0.2) is 66.2 Å². The molecule has 1 N–H and O–H groups in total. The van der Waals surface area contributed by atoms with E-state index in [4.69, 9.17) is 9.26 Å².